The van der Waals surface area contributed by atoms with Gasteiger partial charge in [0.15, 0.2) is 0 Å². The number of hydrogen-bond acceptors (Lipinski definition) is 3. The molecule has 0 aromatic heterocycles. The van der Waals surface area contributed by atoms with Crippen molar-refractivity contribution in [3.8, 4) is 0 Å². The molecule has 0 spiro atoms. The number of hydrogen-bond donors (Lipinski definition) is 1. The fraction of sp³-hybridized carbons (Fsp3) is 0.500. The molecule has 0 aliphatic heterocycles. The van der Waals surface area contributed by atoms with Crippen LogP contribution in [0.4, 0.5) is 0 Å². The minimum absolute atomic E-state index is 0.0455. The van der Waals surface area contributed by atoms with Crippen molar-refractivity contribution in [3.05, 3.63) is 35.9 Å². The van der Waals surface area contributed by atoms with Gasteiger partial charge in [-0.1, -0.05) is 37.3 Å². The summed E-state index contributed by atoms with van der Waals surface area (Å²) in [5.41, 5.74) is 1.28. The Bertz CT molecular complexity index is 335. The van der Waals surface area contributed by atoms with E-state index < -0.39 is 0 Å². The van der Waals surface area contributed by atoms with Crippen molar-refractivity contribution in [1.29, 1.82) is 0 Å². The predicted molar refractivity (Wildman–Crippen MR) is 69.0 cm³/mol. The molecule has 0 aliphatic rings. The SMILES string of the molecule is CC(C)OC(=O)CNCC(C)c1ccccc1. The summed E-state index contributed by atoms with van der Waals surface area (Å²) in [5.74, 6) is 0.198. The number of carbonyl (C=O) groups excluding carboxylic acids is 1. The lowest BCUT2D eigenvalue weighted by molar-refractivity contribution is -0.146. The Morgan fingerprint density at radius 1 is 1.24 bits per heavy atom. The molecule has 1 unspecified atom stereocenters. The first-order valence-electron chi connectivity index (χ1n) is 6.04. The molecule has 0 bridgehead atoms. The van der Waals surface area contributed by atoms with Crippen LogP contribution in [0.25, 0.3) is 0 Å². The van der Waals surface area contributed by atoms with E-state index in [1.807, 2.05) is 32.0 Å². The molecule has 1 atom stereocenters. The van der Waals surface area contributed by atoms with E-state index in [1.54, 1.807) is 0 Å². The highest BCUT2D eigenvalue weighted by atomic mass is 16.5. The lowest BCUT2D eigenvalue weighted by atomic mass is 10.0. The molecule has 17 heavy (non-hydrogen) atoms. The first-order valence-corrected chi connectivity index (χ1v) is 6.04. The third-order valence-electron chi connectivity index (χ3n) is 2.46. The number of esters is 1. The fourth-order valence-electron chi connectivity index (χ4n) is 1.59. The van der Waals surface area contributed by atoms with Crippen molar-refractivity contribution in [3.63, 3.8) is 0 Å². The van der Waals surface area contributed by atoms with Crippen LogP contribution < -0.4 is 5.32 Å². The minimum Gasteiger partial charge on any atom is -0.462 e. The molecule has 94 valence electrons. The molecular formula is C14H21NO2. The second-order valence-corrected chi connectivity index (χ2v) is 4.48. The van der Waals surface area contributed by atoms with Gasteiger partial charge >= 0.3 is 5.97 Å². The average Bonchev–Trinajstić information content (AvgIpc) is 2.29. The average molecular weight is 235 g/mol. The molecule has 0 radical (unpaired) electrons. The van der Waals surface area contributed by atoms with Crippen molar-refractivity contribution >= 4 is 5.97 Å². The zero-order valence-electron chi connectivity index (χ0n) is 10.8. The minimum atomic E-state index is -0.194. The van der Waals surface area contributed by atoms with Crippen molar-refractivity contribution in [2.75, 3.05) is 13.1 Å². The van der Waals surface area contributed by atoms with Crippen LogP contribution in [-0.2, 0) is 9.53 Å². The number of nitrogens with one attached hydrogen (secondary N) is 1. The number of carbonyl (C=O) groups is 1. The predicted octanol–water partition coefficient (Wildman–Crippen LogP) is 2.33. The monoisotopic (exact) mass is 235 g/mol. The highest BCUT2D eigenvalue weighted by Crippen LogP contribution is 2.12. The van der Waals surface area contributed by atoms with Gasteiger partial charge < -0.3 is 10.1 Å². The quantitative estimate of drug-likeness (QED) is 0.769. The fourth-order valence-corrected chi connectivity index (χ4v) is 1.59. The van der Waals surface area contributed by atoms with Crippen molar-refractivity contribution in [1.82, 2.24) is 5.32 Å². The highest BCUT2D eigenvalue weighted by molar-refractivity contribution is 5.71. The molecule has 0 heterocycles. The topological polar surface area (TPSA) is 38.3 Å². The third kappa shape index (κ3) is 5.50. The highest BCUT2D eigenvalue weighted by Gasteiger charge is 2.07. The van der Waals surface area contributed by atoms with E-state index in [-0.39, 0.29) is 18.6 Å². The van der Waals surface area contributed by atoms with Crippen LogP contribution in [0.1, 0.15) is 32.3 Å². The van der Waals surface area contributed by atoms with Gasteiger partial charge in [0.2, 0.25) is 0 Å². The van der Waals surface area contributed by atoms with Crippen LogP contribution in [0, 0.1) is 0 Å². The standard InChI is InChI=1S/C14H21NO2/c1-11(2)17-14(16)10-15-9-12(3)13-7-5-4-6-8-13/h4-8,11-12,15H,9-10H2,1-3H3. The number of benzene rings is 1. The van der Waals surface area contributed by atoms with E-state index in [0.29, 0.717) is 5.92 Å². The van der Waals surface area contributed by atoms with Gasteiger partial charge in [0.25, 0.3) is 0 Å². The van der Waals surface area contributed by atoms with Crippen LogP contribution in [0.15, 0.2) is 30.3 Å². The third-order valence-corrected chi connectivity index (χ3v) is 2.46. The normalized spacial score (nSPS) is 12.5. The number of ether oxygens (including phenoxy) is 1. The van der Waals surface area contributed by atoms with Gasteiger partial charge in [0, 0.05) is 6.54 Å². The Hall–Kier alpha value is -1.35. The first-order chi connectivity index (χ1) is 8.09. The summed E-state index contributed by atoms with van der Waals surface area (Å²) in [4.78, 5) is 11.3. The summed E-state index contributed by atoms with van der Waals surface area (Å²) in [7, 11) is 0. The van der Waals surface area contributed by atoms with E-state index in [1.165, 1.54) is 5.56 Å². The van der Waals surface area contributed by atoms with Gasteiger partial charge in [-0.3, -0.25) is 4.79 Å². The zero-order valence-corrected chi connectivity index (χ0v) is 10.8. The second kappa shape index (κ2) is 7.07. The van der Waals surface area contributed by atoms with Gasteiger partial charge in [-0.25, -0.2) is 0 Å². The molecule has 1 rings (SSSR count). The van der Waals surface area contributed by atoms with Crippen molar-refractivity contribution < 1.29 is 9.53 Å². The zero-order chi connectivity index (χ0) is 12.7. The molecule has 0 amide bonds. The van der Waals surface area contributed by atoms with Gasteiger partial charge in [-0.2, -0.15) is 0 Å². The number of rotatable bonds is 6. The summed E-state index contributed by atoms with van der Waals surface area (Å²) in [6.45, 7) is 6.89. The van der Waals surface area contributed by atoms with E-state index in [0.717, 1.165) is 6.54 Å². The molecule has 3 heteroatoms. The Balaban J connectivity index is 2.25. The molecular weight excluding hydrogens is 214 g/mol. The maximum Gasteiger partial charge on any atom is 0.320 e. The summed E-state index contributed by atoms with van der Waals surface area (Å²) in [5, 5.41) is 3.11. The van der Waals surface area contributed by atoms with Crippen molar-refractivity contribution in [2.24, 2.45) is 0 Å². The van der Waals surface area contributed by atoms with Crippen LogP contribution in [0.5, 0.6) is 0 Å². The Morgan fingerprint density at radius 2 is 1.88 bits per heavy atom. The van der Waals surface area contributed by atoms with Crippen LogP contribution in [0.2, 0.25) is 0 Å². The molecule has 0 aliphatic carbocycles. The lowest BCUT2D eigenvalue weighted by Gasteiger charge is -2.13. The molecule has 0 saturated heterocycles. The largest absolute Gasteiger partial charge is 0.462 e. The molecule has 1 aromatic rings. The van der Waals surface area contributed by atoms with E-state index in [9.17, 15) is 4.79 Å². The van der Waals surface area contributed by atoms with Crippen LogP contribution >= 0.6 is 0 Å². The summed E-state index contributed by atoms with van der Waals surface area (Å²) < 4.78 is 5.04. The molecule has 1 N–H and O–H groups in total. The van der Waals surface area contributed by atoms with Gasteiger partial charge in [0.1, 0.15) is 0 Å². The summed E-state index contributed by atoms with van der Waals surface area (Å²) >= 11 is 0. The first kappa shape index (κ1) is 13.7. The summed E-state index contributed by atoms with van der Waals surface area (Å²) in [6, 6.07) is 10.2. The van der Waals surface area contributed by atoms with Crippen molar-refractivity contribution in [2.45, 2.75) is 32.8 Å². The van der Waals surface area contributed by atoms with Crippen LogP contribution in [-0.4, -0.2) is 25.2 Å². The smallest absolute Gasteiger partial charge is 0.320 e. The lowest BCUT2D eigenvalue weighted by Crippen LogP contribution is -2.29. The Morgan fingerprint density at radius 3 is 2.47 bits per heavy atom. The van der Waals surface area contributed by atoms with Gasteiger partial charge in [-0.15, -0.1) is 0 Å². The maximum absolute atomic E-state index is 11.3. The maximum atomic E-state index is 11.3. The Labute approximate surface area is 103 Å². The van der Waals surface area contributed by atoms with Gasteiger partial charge in [-0.05, 0) is 25.3 Å². The Kier molecular flexibility index (Phi) is 5.70. The second-order valence-electron chi connectivity index (χ2n) is 4.48. The van der Waals surface area contributed by atoms with E-state index >= 15 is 0 Å². The van der Waals surface area contributed by atoms with E-state index in [4.69, 9.17) is 4.74 Å². The molecule has 0 saturated carbocycles. The molecule has 0 fully saturated rings. The van der Waals surface area contributed by atoms with E-state index in [2.05, 4.69) is 24.4 Å². The van der Waals surface area contributed by atoms with Crippen LogP contribution in [0.3, 0.4) is 0 Å². The molecule has 3 nitrogen and oxygen atoms in total. The molecule has 1 aromatic carbocycles. The van der Waals surface area contributed by atoms with Gasteiger partial charge in [0.05, 0.1) is 12.6 Å². The summed E-state index contributed by atoms with van der Waals surface area (Å²) in [6.07, 6.45) is -0.0455.